The minimum absolute atomic E-state index is 0.0544. The summed E-state index contributed by atoms with van der Waals surface area (Å²) >= 11 is 0. The number of benzene rings is 3. The van der Waals surface area contributed by atoms with Crippen molar-refractivity contribution in [2.45, 2.75) is 13.5 Å². The number of hydrogen-bond acceptors (Lipinski definition) is 3. The van der Waals surface area contributed by atoms with Crippen molar-refractivity contribution >= 4 is 34.1 Å². The van der Waals surface area contributed by atoms with Crippen LogP contribution in [0.4, 0.5) is 16.3 Å². The number of nitrogens with one attached hydrogen (secondary N) is 2. The summed E-state index contributed by atoms with van der Waals surface area (Å²) in [5, 5.41) is 12.2. The first kappa shape index (κ1) is 18.4. The quantitative estimate of drug-likeness (QED) is 0.479. The van der Waals surface area contributed by atoms with Gasteiger partial charge in [-0.25, -0.2) is 4.79 Å². The lowest BCUT2D eigenvalue weighted by molar-refractivity contribution is 0.101. The van der Waals surface area contributed by atoms with Crippen LogP contribution < -0.4 is 10.6 Å². The van der Waals surface area contributed by atoms with E-state index in [1.54, 1.807) is 35.0 Å². The molecule has 2 N–H and O–H groups in total. The molecule has 1 aromatic heterocycles. The topological polar surface area (TPSA) is 76.0 Å². The predicted octanol–water partition coefficient (Wildman–Crippen LogP) is 4.93. The average Bonchev–Trinajstić information content (AvgIpc) is 3.15. The molecular weight excluding hydrogens is 364 g/mol. The Morgan fingerprint density at radius 3 is 2.59 bits per heavy atom. The van der Waals surface area contributed by atoms with Crippen LogP contribution in [0, 0.1) is 0 Å². The van der Waals surface area contributed by atoms with E-state index >= 15 is 0 Å². The van der Waals surface area contributed by atoms with E-state index in [4.69, 9.17) is 0 Å². The number of Topliss-reactive ketones (excluding diaryl/α,β-unsaturated/α-hetero) is 1. The molecule has 4 aromatic rings. The van der Waals surface area contributed by atoms with E-state index in [1.165, 1.54) is 17.7 Å². The zero-order valence-electron chi connectivity index (χ0n) is 15.9. The van der Waals surface area contributed by atoms with Gasteiger partial charge in [-0.1, -0.05) is 54.6 Å². The average molecular weight is 384 g/mol. The summed E-state index contributed by atoms with van der Waals surface area (Å²) in [6, 6.07) is 22.5. The molecule has 3 aromatic carbocycles. The monoisotopic (exact) mass is 384 g/mol. The normalized spacial score (nSPS) is 10.7. The van der Waals surface area contributed by atoms with Crippen molar-refractivity contribution in [1.29, 1.82) is 0 Å². The Morgan fingerprint density at radius 2 is 1.72 bits per heavy atom. The number of fused-ring (bicyclic) bond motifs is 1. The number of rotatable bonds is 5. The minimum Gasteiger partial charge on any atom is -0.308 e. The Balaban J connectivity index is 1.43. The standard InChI is InChI=1S/C23H20N4O2/c1-16(28)18-8-5-10-20(14-18)24-23(29)25-22-12-13-27(26-22)15-19-9-4-7-17-6-2-3-11-21(17)19/h2-14H,15H2,1H3,(H2,24,25,26,29). The number of ketones is 1. The summed E-state index contributed by atoms with van der Waals surface area (Å²) in [5.41, 5.74) is 2.25. The summed E-state index contributed by atoms with van der Waals surface area (Å²) < 4.78 is 1.79. The fraction of sp³-hybridized carbons (Fsp3) is 0.0870. The van der Waals surface area contributed by atoms with Gasteiger partial charge in [0.1, 0.15) is 0 Å². The maximum Gasteiger partial charge on any atom is 0.324 e. The molecule has 0 atom stereocenters. The Hall–Kier alpha value is -3.93. The third-order valence-corrected chi connectivity index (χ3v) is 4.62. The summed E-state index contributed by atoms with van der Waals surface area (Å²) in [7, 11) is 0. The zero-order valence-corrected chi connectivity index (χ0v) is 15.9. The number of urea groups is 1. The van der Waals surface area contributed by atoms with Crippen LogP contribution in [-0.4, -0.2) is 21.6 Å². The number of hydrogen-bond donors (Lipinski definition) is 2. The second kappa shape index (κ2) is 7.98. The van der Waals surface area contributed by atoms with Gasteiger partial charge in [0.25, 0.3) is 0 Å². The molecule has 0 saturated carbocycles. The molecule has 144 valence electrons. The van der Waals surface area contributed by atoms with E-state index in [0.29, 0.717) is 23.6 Å². The lowest BCUT2D eigenvalue weighted by atomic mass is 10.0. The van der Waals surface area contributed by atoms with Gasteiger partial charge in [-0.2, -0.15) is 5.10 Å². The maximum atomic E-state index is 12.2. The molecule has 0 unspecified atom stereocenters. The molecule has 0 saturated heterocycles. The van der Waals surface area contributed by atoms with Gasteiger partial charge in [0.05, 0.1) is 6.54 Å². The van der Waals surface area contributed by atoms with Crippen LogP contribution in [0.1, 0.15) is 22.8 Å². The van der Waals surface area contributed by atoms with Crippen LogP contribution in [0.5, 0.6) is 0 Å². The van der Waals surface area contributed by atoms with Gasteiger partial charge < -0.3 is 5.32 Å². The molecule has 0 radical (unpaired) electrons. The van der Waals surface area contributed by atoms with Gasteiger partial charge in [0.2, 0.25) is 0 Å². The molecule has 6 heteroatoms. The number of carbonyl (C=O) groups excluding carboxylic acids is 2. The molecule has 29 heavy (non-hydrogen) atoms. The van der Waals surface area contributed by atoms with E-state index in [0.717, 1.165) is 5.56 Å². The smallest absolute Gasteiger partial charge is 0.308 e. The molecule has 0 aliphatic carbocycles. The number of aromatic nitrogens is 2. The van der Waals surface area contributed by atoms with Crippen molar-refractivity contribution in [2.75, 3.05) is 10.6 Å². The van der Waals surface area contributed by atoms with E-state index in [-0.39, 0.29) is 5.78 Å². The summed E-state index contributed by atoms with van der Waals surface area (Å²) in [5.74, 6) is 0.395. The molecule has 0 aliphatic heterocycles. The molecule has 0 spiro atoms. The van der Waals surface area contributed by atoms with E-state index in [1.807, 2.05) is 24.4 Å². The Morgan fingerprint density at radius 1 is 0.931 bits per heavy atom. The first-order valence-electron chi connectivity index (χ1n) is 9.27. The molecule has 0 aliphatic rings. The van der Waals surface area contributed by atoms with Crippen molar-refractivity contribution in [2.24, 2.45) is 0 Å². The molecule has 0 fully saturated rings. The van der Waals surface area contributed by atoms with E-state index in [9.17, 15) is 9.59 Å². The highest BCUT2D eigenvalue weighted by molar-refractivity contribution is 6.01. The SMILES string of the molecule is CC(=O)c1cccc(NC(=O)Nc2ccn(Cc3cccc4ccccc34)n2)c1. The second-order valence-electron chi connectivity index (χ2n) is 6.75. The van der Waals surface area contributed by atoms with Gasteiger partial charge in [0, 0.05) is 23.5 Å². The first-order valence-corrected chi connectivity index (χ1v) is 9.27. The van der Waals surface area contributed by atoms with Crippen LogP contribution in [-0.2, 0) is 6.54 Å². The lowest BCUT2D eigenvalue weighted by Crippen LogP contribution is -2.20. The number of carbonyl (C=O) groups is 2. The number of nitrogens with zero attached hydrogens (tertiary/aromatic N) is 2. The van der Waals surface area contributed by atoms with Crippen molar-refractivity contribution in [3.8, 4) is 0 Å². The molecule has 2 amide bonds. The zero-order chi connectivity index (χ0) is 20.2. The van der Waals surface area contributed by atoms with Crippen LogP contribution in [0.15, 0.2) is 79.0 Å². The van der Waals surface area contributed by atoms with Gasteiger partial charge in [-0.15, -0.1) is 0 Å². The van der Waals surface area contributed by atoms with Crippen molar-refractivity contribution in [3.05, 3.63) is 90.1 Å². The molecule has 1 heterocycles. The molecule has 6 nitrogen and oxygen atoms in total. The summed E-state index contributed by atoms with van der Waals surface area (Å²) in [6.07, 6.45) is 1.83. The lowest BCUT2D eigenvalue weighted by Gasteiger charge is -2.08. The van der Waals surface area contributed by atoms with Crippen LogP contribution >= 0.6 is 0 Å². The van der Waals surface area contributed by atoms with E-state index < -0.39 is 6.03 Å². The van der Waals surface area contributed by atoms with Crippen LogP contribution in [0.25, 0.3) is 10.8 Å². The summed E-state index contributed by atoms with van der Waals surface area (Å²) in [4.78, 5) is 23.7. The number of amides is 2. The predicted molar refractivity (Wildman–Crippen MR) is 114 cm³/mol. The van der Waals surface area contributed by atoms with E-state index in [2.05, 4.69) is 40.0 Å². The minimum atomic E-state index is -0.416. The van der Waals surface area contributed by atoms with Gasteiger partial charge in [0.15, 0.2) is 11.6 Å². The van der Waals surface area contributed by atoms with Crippen molar-refractivity contribution in [3.63, 3.8) is 0 Å². The van der Waals surface area contributed by atoms with Gasteiger partial charge >= 0.3 is 6.03 Å². The highest BCUT2D eigenvalue weighted by Crippen LogP contribution is 2.19. The third-order valence-electron chi connectivity index (χ3n) is 4.62. The number of anilines is 2. The third kappa shape index (κ3) is 4.32. The van der Waals surface area contributed by atoms with Gasteiger partial charge in [-0.05, 0) is 35.4 Å². The molecule has 4 rings (SSSR count). The maximum absolute atomic E-state index is 12.2. The second-order valence-corrected chi connectivity index (χ2v) is 6.75. The Bertz CT molecular complexity index is 1190. The highest BCUT2D eigenvalue weighted by atomic mass is 16.2. The fourth-order valence-corrected chi connectivity index (χ4v) is 3.22. The fourth-order valence-electron chi connectivity index (χ4n) is 3.22. The van der Waals surface area contributed by atoms with Gasteiger partial charge in [-0.3, -0.25) is 14.8 Å². The highest BCUT2D eigenvalue weighted by Gasteiger charge is 2.08. The van der Waals surface area contributed by atoms with Crippen LogP contribution in [0.2, 0.25) is 0 Å². The molecule has 0 bridgehead atoms. The Labute approximate surface area is 168 Å². The Kier molecular flexibility index (Phi) is 5.07. The summed E-state index contributed by atoms with van der Waals surface area (Å²) in [6.45, 7) is 2.09. The van der Waals surface area contributed by atoms with Crippen molar-refractivity contribution < 1.29 is 9.59 Å². The van der Waals surface area contributed by atoms with Crippen molar-refractivity contribution in [1.82, 2.24) is 9.78 Å². The largest absolute Gasteiger partial charge is 0.324 e. The molecular formula is C23H20N4O2. The first-order chi connectivity index (χ1) is 14.1. The van der Waals surface area contributed by atoms with Crippen LogP contribution in [0.3, 0.4) is 0 Å².